The van der Waals surface area contributed by atoms with Crippen LogP contribution in [-0.4, -0.2) is 20.9 Å². The van der Waals surface area contributed by atoms with Gasteiger partial charge in [0.2, 0.25) is 15.9 Å². The highest BCUT2D eigenvalue weighted by Crippen LogP contribution is 2.41. The van der Waals surface area contributed by atoms with Gasteiger partial charge in [-0.1, -0.05) is 61.2 Å². The number of halogens is 1. The molecular weight excluding hydrogens is 420 g/mol. The molecule has 2 N–H and O–H groups in total. The summed E-state index contributed by atoms with van der Waals surface area (Å²) in [6.07, 6.45) is 6.17. The summed E-state index contributed by atoms with van der Waals surface area (Å²) in [6, 6.07) is 14.5. The van der Waals surface area contributed by atoms with Gasteiger partial charge >= 0.3 is 0 Å². The summed E-state index contributed by atoms with van der Waals surface area (Å²) in [5, 5.41) is 3.66. The number of nitrogens with one attached hydrogen (secondary N) is 2. The standard InChI is InChI=1S/C23H27ClN2O3S/c1-2-15-25-30(28,29)17-18-9-11-21(12-10-18)26-22(27)23(13-4-3-5-14-23)19-7-6-8-20(24)16-19/h2,6-12,16,25H,1,3-5,13-15,17H2,(H,26,27). The van der Waals surface area contributed by atoms with Crippen LogP contribution in [0.4, 0.5) is 5.69 Å². The summed E-state index contributed by atoms with van der Waals surface area (Å²) in [7, 11) is -3.42. The van der Waals surface area contributed by atoms with Crippen LogP contribution >= 0.6 is 11.6 Å². The number of rotatable bonds is 8. The van der Waals surface area contributed by atoms with Crippen molar-refractivity contribution < 1.29 is 13.2 Å². The highest BCUT2D eigenvalue weighted by molar-refractivity contribution is 7.88. The molecule has 0 aromatic heterocycles. The Labute approximate surface area is 183 Å². The Balaban J connectivity index is 1.75. The average Bonchev–Trinajstić information content (AvgIpc) is 2.74. The van der Waals surface area contributed by atoms with E-state index in [9.17, 15) is 13.2 Å². The van der Waals surface area contributed by atoms with E-state index in [1.165, 1.54) is 6.08 Å². The molecule has 0 bridgehead atoms. The Morgan fingerprint density at radius 1 is 1.10 bits per heavy atom. The molecule has 0 radical (unpaired) electrons. The van der Waals surface area contributed by atoms with E-state index in [1.54, 1.807) is 24.3 Å². The maximum absolute atomic E-state index is 13.4. The summed E-state index contributed by atoms with van der Waals surface area (Å²) in [5.41, 5.74) is 1.64. The number of sulfonamides is 1. The lowest BCUT2D eigenvalue weighted by molar-refractivity contribution is -0.122. The third-order valence-corrected chi connectivity index (χ3v) is 7.09. The van der Waals surface area contributed by atoms with E-state index >= 15 is 0 Å². The number of carbonyl (C=O) groups excluding carboxylic acids is 1. The zero-order valence-electron chi connectivity index (χ0n) is 16.9. The molecule has 0 heterocycles. The number of carbonyl (C=O) groups is 1. The molecule has 0 atom stereocenters. The first-order chi connectivity index (χ1) is 14.3. The van der Waals surface area contributed by atoms with Crippen molar-refractivity contribution in [1.29, 1.82) is 0 Å². The van der Waals surface area contributed by atoms with Crippen LogP contribution in [0.15, 0.2) is 61.2 Å². The number of hydrogen-bond acceptors (Lipinski definition) is 3. The van der Waals surface area contributed by atoms with Crippen LogP contribution in [0.1, 0.15) is 43.2 Å². The second-order valence-electron chi connectivity index (χ2n) is 7.70. The van der Waals surface area contributed by atoms with Gasteiger partial charge in [0, 0.05) is 17.3 Å². The van der Waals surface area contributed by atoms with Gasteiger partial charge in [-0.15, -0.1) is 6.58 Å². The zero-order chi connectivity index (χ0) is 21.6. The molecule has 7 heteroatoms. The molecule has 0 saturated heterocycles. The van der Waals surface area contributed by atoms with Gasteiger partial charge in [-0.25, -0.2) is 13.1 Å². The lowest BCUT2D eigenvalue weighted by Crippen LogP contribution is -2.42. The lowest BCUT2D eigenvalue weighted by atomic mass is 9.68. The normalized spacial score (nSPS) is 16.0. The molecule has 2 aromatic rings. The number of benzene rings is 2. The Hall–Kier alpha value is -2.15. The fraction of sp³-hybridized carbons (Fsp3) is 0.348. The smallest absolute Gasteiger partial charge is 0.235 e. The van der Waals surface area contributed by atoms with E-state index in [4.69, 9.17) is 11.6 Å². The van der Waals surface area contributed by atoms with Gasteiger partial charge in [0.05, 0.1) is 11.2 Å². The first kappa shape index (κ1) is 22.5. The molecule has 1 aliphatic carbocycles. The third kappa shape index (κ3) is 5.50. The molecule has 30 heavy (non-hydrogen) atoms. The molecule has 0 unspecified atom stereocenters. The first-order valence-electron chi connectivity index (χ1n) is 10.1. The average molecular weight is 447 g/mol. The van der Waals surface area contributed by atoms with Crippen molar-refractivity contribution >= 4 is 33.2 Å². The summed E-state index contributed by atoms with van der Waals surface area (Å²) < 4.78 is 26.5. The summed E-state index contributed by atoms with van der Waals surface area (Å²) in [6.45, 7) is 3.70. The third-order valence-electron chi connectivity index (χ3n) is 5.54. The molecule has 0 spiro atoms. The second kappa shape index (κ2) is 9.77. The van der Waals surface area contributed by atoms with Gasteiger partial charge < -0.3 is 5.32 Å². The molecule has 160 valence electrons. The van der Waals surface area contributed by atoms with Gasteiger partial charge in [-0.05, 0) is 48.2 Å². The van der Waals surface area contributed by atoms with Gasteiger partial charge in [-0.2, -0.15) is 0 Å². The van der Waals surface area contributed by atoms with Crippen molar-refractivity contribution in [2.24, 2.45) is 0 Å². The molecular formula is C23H27ClN2O3S. The Morgan fingerprint density at radius 2 is 1.80 bits per heavy atom. The van der Waals surface area contributed by atoms with Crippen LogP contribution in [0, 0.1) is 0 Å². The Kier molecular flexibility index (Phi) is 7.34. The second-order valence-corrected chi connectivity index (χ2v) is 9.94. The number of amides is 1. The van der Waals surface area contributed by atoms with Crippen LogP contribution < -0.4 is 10.0 Å². The first-order valence-corrected chi connectivity index (χ1v) is 12.1. The molecule has 1 saturated carbocycles. The molecule has 1 fully saturated rings. The minimum atomic E-state index is -3.42. The van der Waals surface area contributed by atoms with E-state index in [1.807, 2.05) is 24.3 Å². The maximum Gasteiger partial charge on any atom is 0.235 e. The van der Waals surface area contributed by atoms with Gasteiger partial charge in [0.25, 0.3) is 0 Å². The van der Waals surface area contributed by atoms with Crippen LogP contribution in [-0.2, 0) is 26.0 Å². The highest BCUT2D eigenvalue weighted by atomic mass is 35.5. The van der Waals surface area contributed by atoms with Crippen molar-refractivity contribution in [3.8, 4) is 0 Å². The molecule has 3 rings (SSSR count). The quantitative estimate of drug-likeness (QED) is 0.572. The summed E-state index contributed by atoms with van der Waals surface area (Å²) in [4.78, 5) is 13.4. The van der Waals surface area contributed by atoms with Crippen LogP contribution in [0.2, 0.25) is 5.02 Å². The zero-order valence-corrected chi connectivity index (χ0v) is 18.4. The SMILES string of the molecule is C=CCNS(=O)(=O)Cc1ccc(NC(=O)C2(c3cccc(Cl)c3)CCCCC2)cc1. The predicted octanol–water partition coefficient (Wildman–Crippen LogP) is 4.79. The van der Waals surface area contributed by atoms with Crippen LogP contribution in [0.3, 0.4) is 0 Å². The molecule has 1 aliphatic rings. The van der Waals surface area contributed by atoms with E-state index < -0.39 is 15.4 Å². The fourth-order valence-electron chi connectivity index (χ4n) is 3.98. The van der Waals surface area contributed by atoms with Crippen LogP contribution in [0.5, 0.6) is 0 Å². The topological polar surface area (TPSA) is 75.3 Å². The van der Waals surface area contributed by atoms with Crippen molar-refractivity contribution in [3.63, 3.8) is 0 Å². The highest BCUT2D eigenvalue weighted by Gasteiger charge is 2.41. The van der Waals surface area contributed by atoms with E-state index in [2.05, 4.69) is 16.6 Å². The molecule has 2 aromatic carbocycles. The van der Waals surface area contributed by atoms with Crippen molar-refractivity contribution in [3.05, 3.63) is 77.3 Å². The lowest BCUT2D eigenvalue weighted by Gasteiger charge is -2.36. The van der Waals surface area contributed by atoms with Gasteiger partial charge in [0.15, 0.2) is 0 Å². The minimum Gasteiger partial charge on any atom is -0.325 e. The monoisotopic (exact) mass is 446 g/mol. The molecule has 0 aliphatic heterocycles. The van der Waals surface area contributed by atoms with Crippen LogP contribution in [0.25, 0.3) is 0 Å². The fourth-order valence-corrected chi connectivity index (χ4v) is 5.28. The Morgan fingerprint density at radius 3 is 2.43 bits per heavy atom. The van der Waals surface area contributed by atoms with E-state index in [-0.39, 0.29) is 18.2 Å². The van der Waals surface area contributed by atoms with Gasteiger partial charge in [0.1, 0.15) is 0 Å². The van der Waals surface area contributed by atoms with E-state index in [0.717, 1.165) is 37.7 Å². The summed E-state index contributed by atoms with van der Waals surface area (Å²) in [5.74, 6) is -0.167. The largest absolute Gasteiger partial charge is 0.325 e. The number of hydrogen-bond donors (Lipinski definition) is 2. The predicted molar refractivity (Wildman–Crippen MR) is 122 cm³/mol. The van der Waals surface area contributed by atoms with Gasteiger partial charge in [-0.3, -0.25) is 4.79 Å². The minimum absolute atomic E-state index is 0.0440. The van der Waals surface area contributed by atoms with Crippen molar-refractivity contribution in [2.45, 2.75) is 43.3 Å². The van der Waals surface area contributed by atoms with Crippen molar-refractivity contribution in [2.75, 3.05) is 11.9 Å². The molecule has 1 amide bonds. The van der Waals surface area contributed by atoms with Crippen molar-refractivity contribution in [1.82, 2.24) is 4.72 Å². The maximum atomic E-state index is 13.4. The molecule has 5 nitrogen and oxygen atoms in total. The number of anilines is 1. The van der Waals surface area contributed by atoms with E-state index in [0.29, 0.717) is 16.3 Å². The summed E-state index contributed by atoms with van der Waals surface area (Å²) >= 11 is 6.20. The Bertz CT molecular complexity index is 997.